The maximum Gasteiger partial charge on any atom is 0.253 e. The number of rotatable bonds is 3. The van der Waals surface area contributed by atoms with Crippen molar-refractivity contribution < 1.29 is 5.11 Å². The summed E-state index contributed by atoms with van der Waals surface area (Å²) < 4.78 is 3.47. The average molecular weight is 517 g/mol. The summed E-state index contributed by atoms with van der Waals surface area (Å²) in [5, 5.41) is 15.4. The van der Waals surface area contributed by atoms with Crippen LogP contribution in [0.15, 0.2) is 41.6 Å². The van der Waals surface area contributed by atoms with Gasteiger partial charge in [-0.1, -0.05) is 13.8 Å². The summed E-state index contributed by atoms with van der Waals surface area (Å²) in [5.74, 6) is 1.57. The van der Waals surface area contributed by atoms with Crippen molar-refractivity contribution in [2.45, 2.75) is 33.3 Å². The Morgan fingerprint density at radius 3 is 2.47 bits per heavy atom. The smallest absolute Gasteiger partial charge is 0.253 e. The van der Waals surface area contributed by atoms with Gasteiger partial charge in [-0.15, -0.1) is 0 Å². The van der Waals surface area contributed by atoms with Crippen LogP contribution in [-0.4, -0.2) is 68.8 Å². The van der Waals surface area contributed by atoms with Crippen molar-refractivity contribution in [1.29, 1.82) is 0 Å². The third kappa shape index (κ3) is 4.38. The van der Waals surface area contributed by atoms with Crippen molar-refractivity contribution >= 4 is 33.9 Å². The molecule has 4 aromatic rings. The van der Waals surface area contributed by atoms with E-state index in [0.29, 0.717) is 18.5 Å². The van der Waals surface area contributed by atoms with Crippen LogP contribution in [0.3, 0.4) is 0 Å². The number of hydrogen-bond donors (Lipinski definition) is 1. The molecule has 6 rings (SSSR count). The topological polar surface area (TPSA) is 95.5 Å². The third-order valence-corrected chi connectivity index (χ3v) is 7.33. The largest absolute Gasteiger partial charge is 0.391 e. The average Bonchev–Trinajstić information content (AvgIpc) is 3.57. The number of aliphatic hydroxyl groups is 1. The number of hydrogen-bond acceptors (Lipinski definition) is 8. The summed E-state index contributed by atoms with van der Waals surface area (Å²) >= 11 is 0. The molecule has 10 heteroatoms. The number of pyridine rings is 3. The zero-order chi connectivity index (χ0) is 27.1. The second-order valence-electron chi connectivity index (χ2n) is 9.85. The van der Waals surface area contributed by atoms with Crippen LogP contribution in [0.2, 0.25) is 0 Å². The van der Waals surface area contributed by atoms with Gasteiger partial charge >= 0.3 is 0 Å². The number of likely N-dealkylation sites (N-methyl/N-ethyl adjacent to an activating group) is 1. The SMILES string of the molecule is CC.Cc1cc2c(N3CCN(C)c4cc(-c5cnn(C)c5)ncc43)nc(N3CCC(O)C3)cc2n(C)c1=O. The highest BCUT2D eigenvalue weighted by Crippen LogP contribution is 2.41. The van der Waals surface area contributed by atoms with E-state index < -0.39 is 0 Å². The molecule has 1 unspecified atom stereocenters. The predicted molar refractivity (Wildman–Crippen MR) is 153 cm³/mol. The Kier molecular flexibility index (Phi) is 6.83. The highest BCUT2D eigenvalue weighted by molar-refractivity contribution is 5.96. The van der Waals surface area contributed by atoms with Gasteiger partial charge in [0.1, 0.15) is 11.6 Å². The van der Waals surface area contributed by atoms with Crippen LogP contribution in [0.25, 0.3) is 22.2 Å². The van der Waals surface area contributed by atoms with Crippen LogP contribution in [0, 0.1) is 6.92 Å². The lowest BCUT2D eigenvalue weighted by atomic mass is 10.1. The molecular weight excluding hydrogens is 480 g/mol. The van der Waals surface area contributed by atoms with E-state index in [1.165, 1.54) is 0 Å². The molecule has 0 spiro atoms. The first kappa shape index (κ1) is 25.7. The molecule has 4 aromatic heterocycles. The first-order chi connectivity index (χ1) is 18.3. The fourth-order valence-electron chi connectivity index (χ4n) is 5.27. The summed E-state index contributed by atoms with van der Waals surface area (Å²) in [7, 11) is 5.79. The molecule has 0 bridgehead atoms. The molecule has 10 nitrogen and oxygen atoms in total. The van der Waals surface area contributed by atoms with E-state index in [0.717, 1.165) is 64.8 Å². The molecule has 0 aliphatic carbocycles. The number of aliphatic hydroxyl groups excluding tert-OH is 1. The molecular formula is C28H36N8O2. The number of fused-ring (bicyclic) bond motifs is 2. The second kappa shape index (κ2) is 10.1. The summed E-state index contributed by atoms with van der Waals surface area (Å²) in [5.41, 5.74) is 5.35. The van der Waals surface area contributed by atoms with Crippen LogP contribution in [-0.2, 0) is 14.1 Å². The van der Waals surface area contributed by atoms with Gasteiger partial charge in [-0.3, -0.25) is 14.5 Å². The van der Waals surface area contributed by atoms with Crippen LogP contribution < -0.4 is 20.3 Å². The minimum atomic E-state index is -0.368. The van der Waals surface area contributed by atoms with E-state index >= 15 is 0 Å². The zero-order valence-corrected chi connectivity index (χ0v) is 23.0. The highest BCUT2D eigenvalue weighted by atomic mass is 16.3. The molecule has 6 heterocycles. The van der Waals surface area contributed by atoms with Gasteiger partial charge in [0, 0.05) is 76.1 Å². The van der Waals surface area contributed by atoms with E-state index in [2.05, 4.69) is 32.9 Å². The van der Waals surface area contributed by atoms with Gasteiger partial charge < -0.3 is 24.4 Å². The molecule has 0 saturated carbocycles. The maximum atomic E-state index is 12.8. The van der Waals surface area contributed by atoms with Gasteiger partial charge in [-0.05, 0) is 25.5 Å². The first-order valence-corrected chi connectivity index (χ1v) is 13.2. The fourth-order valence-corrected chi connectivity index (χ4v) is 5.27. The lowest BCUT2D eigenvalue weighted by Gasteiger charge is -2.37. The Morgan fingerprint density at radius 2 is 1.79 bits per heavy atom. The molecule has 38 heavy (non-hydrogen) atoms. The molecule has 1 fully saturated rings. The van der Waals surface area contributed by atoms with Gasteiger partial charge in [-0.25, -0.2) is 4.98 Å². The predicted octanol–water partition coefficient (Wildman–Crippen LogP) is 3.22. The van der Waals surface area contributed by atoms with Gasteiger partial charge in [-0.2, -0.15) is 5.10 Å². The molecule has 0 aromatic carbocycles. The first-order valence-electron chi connectivity index (χ1n) is 13.2. The van der Waals surface area contributed by atoms with Crippen LogP contribution in [0.5, 0.6) is 0 Å². The lowest BCUT2D eigenvalue weighted by molar-refractivity contribution is 0.198. The van der Waals surface area contributed by atoms with E-state index in [9.17, 15) is 9.90 Å². The van der Waals surface area contributed by atoms with E-state index in [1.807, 2.05) is 65.6 Å². The molecule has 2 aliphatic rings. The number of anilines is 4. The highest BCUT2D eigenvalue weighted by Gasteiger charge is 2.28. The zero-order valence-electron chi connectivity index (χ0n) is 23.0. The van der Waals surface area contributed by atoms with E-state index in [-0.39, 0.29) is 11.7 Å². The van der Waals surface area contributed by atoms with E-state index in [4.69, 9.17) is 9.97 Å². The Balaban J connectivity index is 0.00000144. The van der Waals surface area contributed by atoms with Crippen molar-refractivity contribution in [3.8, 4) is 11.3 Å². The summed E-state index contributed by atoms with van der Waals surface area (Å²) in [6, 6.07) is 6.01. The third-order valence-electron chi connectivity index (χ3n) is 7.33. The number of aryl methyl sites for hydroxylation is 3. The summed E-state index contributed by atoms with van der Waals surface area (Å²) in [6.45, 7) is 8.65. The fraction of sp³-hybridized carbons (Fsp3) is 0.429. The Bertz CT molecular complexity index is 1540. The summed E-state index contributed by atoms with van der Waals surface area (Å²) in [4.78, 5) is 29.3. The minimum absolute atomic E-state index is 0.0198. The standard InChI is InChI=1S/C26H30N8O2.C2H6/c1-16-9-19-21(32(4)26(16)36)11-24(33-6-5-18(35)15-33)29-25(19)34-8-7-30(2)22-10-20(27-13-23(22)34)17-12-28-31(3)14-17;1-2/h9-14,18,35H,5-8,15H2,1-4H3;1-2H3. The molecule has 200 valence electrons. The normalized spacial score (nSPS) is 17.0. The van der Waals surface area contributed by atoms with Crippen molar-refractivity contribution in [3.05, 3.63) is 52.7 Å². The van der Waals surface area contributed by atoms with Gasteiger partial charge in [0.15, 0.2) is 0 Å². The van der Waals surface area contributed by atoms with Gasteiger partial charge in [0.2, 0.25) is 0 Å². The van der Waals surface area contributed by atoms with Crippen LogP contribution in [0.4, 0.5) is 23.0 Å². The molecule has 1 N–H and O–H groups in total. The Labute approximate surface area is 222 Å². The second-order valence-corrected chi connectivity index (χ2v) is 9.85. The molecule has 2 aliphatic heterocycles. The van der Waals surface area contributed by atoms with Crippen molar-refractivity contribution in [2.24, 2.45) is 14.1 Å². The monoisotopic (exact) mass is 516 g/mol. The molecule has 1 saturated heterocycles. The van der Waals surface area contributed by atoms with Crippen molar-refractivity contribution in [1.82, 2.24) is 24.3 Å². The minimum Gasteiger partial charge on any atom is -0.391 e. The molecule has 0 amide bonds. The quantitative estimate of drug-likeness (QED) is 0.444. The number of aromatic nitrogens is 5. The molecule has 0 radical (unpaired) electrons. The lowest BCUT2D eigenvalue weighted by Crippen LogP contribution is -2.37. The number of β-amino-alcohol motifs (C(OH)–C–C–N with tert-alkyl or cyclic N) is 1. The Morgan fingerprint density at radius 1 is 1.00 bits per heavy atom. The van der Waals surface area contributed by atoms with Gasteiger partial charge in [0.05, 0.1) is 41.1 Å². The van der Waals surface area contributed by atoms with Crippen LogP contribution >= 0.6 is 0 Å². The maximum absolute atomic E-state index is 12.8. The van der Waals surface area contributed by atoms with Gasteiger partial charge in [0.25, 0.3) is 5.56 Å². The van der Waals surface area contributed by atoms with Crippen molar-refractivity contribution in [3.63, 3.8) is 0 Å². The summed E-state index contributed by atoms with van der Waals surface area (Å²) in [6.07, 6.45) is 6.03. The Hall–Kier alpha value is -3.92. The van der Waals surface area contributed by atoms with Crippen LogP contribution in [0.1, 0.15) is 25.8 Å². The molecule has 1 atom stereocenters. The number of nitrogens with zero attached hydrogens (tertiary/aromatic N) is 8. The van der Waals surface area contributed by atoms with Crippen molar-refractivity contribution in [2.75, 3.05) is 47.9 Å². The van der Waals surface area contributed by atoms with E-state index in [1.54, 1.807) is 9.25 Å².